The number of aromatic nitrogens is 3. The molecule has 25 heavy (non-hydrogen) atoms. The van der Waals surface area contributed by atoms with Crippen LogP contribution in [0.5, 0.6) is 0 Å². The van der Waals surface area contributed by atoms with Crippen LogP contribution in [-0.2, 0) is 0 Å². The van der Waals surface area contributed by atoms with Gasteiger partial charge in [0, 0.05) is 18.3 Å². The summed E-state index contributed by atoms with van der Waals surface area (Å²) in [6.07, 6.45) is 6.64. The molecule has 132 valence electrons. The lowest BCUT2D eigenvalue weighted by Gasteiger charge is -2.45. The van der Waals surface area contributed by atoms with Gasteiger partial charge >= 0.3 is 5.69 Å². The predicted octanol–water partition coefficient (Wildman–Crippen LogP) is 0.247. The van der Waals surface area contributed by atoms with Crippen molar-refractivity contribution in [1.29, 1.82) is 0 Å². The number of nitrogens with two attached hydrogens (primary N) is 1. The summed E-state index contributed by atoms with van der Waals surface area (Å²) in [6.45, 7) is 0. The maximum Gasteiger partial charge on any atom is 0.327 e. The van der Waals surface area contributed by atoms with E-state index in [-0.39, 0.29) is 29.0 Å². The Bertz CT molecular complexity index is 920. The third kappa shape index (κ3) is 2.97. The van der Waals surface area contributed by atoms with Crippen molar-refractivity contribution in [3.8, 4) is 0 Å². The maximum absolute atomic E-state index is 12.7. The third-order valence-electron chi connectivity index (χ3n) is 5.53. The molecule has 2 heterocycles. The Hall–Kier alpha value is -2.48. The monoisotopic (exact) mass is 343 g/mol. The van der Waals surface area contributed by atoms with E-state index in [2.05, 4.69) is 20.3 Å². The third-order valence-corrected chi connectivity index (χ3v) is 5.53. The summed E-state index contributed by atoms with van der Waals surface area (Å²) in [5, 5.41) is 3.33. The summed E-state index contributed by atoms with van der Waals surface area (Å²) in [6, 6.07) is 1.82. The second-order valence-electron chi connectivity index (χ2n) is 7.21. The summed E-state index contributed by atoms with van der Waals surface area (Å²) in [7, 11) is 0. The Kier molecular flexibility index (Phi) is 3.91. The van der Waals surface area contributed by atoms with Gasteiger partial charge in [0.1, 0.15) is 5.65 Å². The highest BCUT2D eigenvalue weighted by Crippen LogP contribution is 2.39. The quantitative estimate of drug-likeness (QED) is 0.620. The van der Waals surface area contributed by atoms with Gasteiger partial charge in [0.2, 0.25) is 0 Å². The number of rotatable bonds is 2. The van der Waals surface area contributed by atoms with Crippen LogP contribution in [0.1, 0.15) is 42.5 Å². The highest BCUT2D eigenvalue weighted by molar-refractivity contribution is 5.96. The van der Waals surface area contributed by atoms with Crippen LogP contribution < -0.4 is 22.3 Å². The average Bonchev–Trinajstić information content (AvgIpc) is 2.55. The molecular formula is C17H21N5O3. The minimum atomic E-state index is -0.617. The Morgan fingerprint density at radius 2 is 1.92 bits per heavy atom. The zero-order valence-corrected chi connectivity index (χ0v) is 13.7. The van der Waals surface area contributed by atoms with Gasteiger partial charge < -0.3 is 11.1 Å². The van der Waals surface area contributed by atoms with Crippen LogP contribution in [0, 0.1) is 11.8 Å². The van der Waals surface area contributed by atoms with Crippen LogP contribution in [0.25, 0.3) is 11.0 Å². The number of nitrogens with zero attached hydrogens (tertiary/aromatic N) is 1. The van der Waals surface area contributed by atoms with E-state index in [1.165, 1.54) is 18.7 Å². The van der Waals surface area contributed by atoms with E-state index in [1.54, 1.807) is 0 Å². The summed E-state index contributed by atoms with van der Waals surface area (Å²) in [4.78, 5) is 44.5. The first kappa shape index (κ1) is 16.0. The molecule has 2 bridgehead atoms. The lowest BCUT2D eigenvalue weighted by Crippen LogP contribution is -2.53. The summed E-state index contributed by atoms with van der Waals surface area (Å²) < 4.78 is 0. The summed E-state index contributed by atoms with van der Waals surface area (Å²) >= 11 is 0. The molecular weight excluding hydrogens is 322 g/mol. The predicted molar refractivity (Wildman–Crippen MR) is 92.3 cm³/mol. The number of aromatic amines is 2. The fourth-order valence-corrected chi connectivity index (χ4v) is 4.43. The molecule has 4 rings (SSSR count). The molecule has 0 spiro atoms. The standard InChI is InChI=1S/C17H21N5O3/c18-11-4-8-2-1-3-9(5-11)13(8)20-15(23)10-6-12-14(19-7-10)21-17(25)22-16(12)24/h6-9,11,13H,1-5,18H2,(H,20,23)(H2,19,21,22,24,25). The van der Waals surface area contributed by atoms with Crippen LogP contribution in [0.15, 0.2) is 21.9 Å². The SMILES string of the molecule is NC1CC2CCCC(C1)C2NC(=O)c1cnc2[nH]c(=O)[nH]c(=O)c2c1. The second-order valence-corrected chi connectivity index (χ2v) is 7.21. The van der Waals surface area contributed by atoms with E-state index in [4.69, 9.17) is 5.73 Å². The molecule has 2 aliphatic rings. The highest BCUT2D eigenvalue weighted by Gasteiger charge is 2.40. The number of hydrogen-bond donors (Lipinski definition) is 4. The molecule has 2 aromatic heterocycles. The fourth-order valence-electron chi connectivity index (χ4n) is 4.43. The Morgan fingerprint density at radius 3 is 2.64 bits per heavy atom. The first-order valence-corrected chi connectivity index (χ1v) is 8.70. The molecule has 2 saturated carbocycles. The van der Waals surface area contributed by atoms with Crippen molar-refractivity contribution in [2.24, 2.45) is 17.6 Å². The summed E-state index contributed by atoms with van der Waals surface area (Å²) in [5.74, 6) is 0.594. The van der Waals surface area contributed by atoms with E-state index >= 15 is 0 Å². The van der Waals surface area contributed by atoms with E-state index in [0.29, 0.717) is 17.4 Å². The van der Waals surface area contributed by atoms with Gasteiger partial charge in [0.05, 0.1) is 10.9 Å². The van der Waals surface area contributed by atoms with Crippen molar-refractivity contribution >= 4 is 16.9 Å². The van der Waals surface area contributed by atoms with Gasteiger partial charge in [0.15, 0.2) is 0 Å². The Morgan fingerprint density at radius 1 is 1.20 bits per heavy atom. The number of fused-ring (bicyclic) bond motifs is 3. The van der Waals surface area contributed by atoms with E-state index in [1.807, 2.05) is 0 Å². The maximum atomic E-state index is 12.7. The molecule has 0 aromatic carbocycles. The molecule has 2 aromatic rings. The zero-order chi connectivity index (χ0) is 17.6. The minimum Gasteiger partial charge on any atom is -0.349 e. The highest BCUT2D eigenvalue weighted by atomic mass is 16.2. The lowest BCUT2D eigenvalue weighted by molar-refractivity contribution is 0.0756. The number of H-pyrrole nitrogens is 2. The molecule has 0 saturated heterocycles. The van der Waals surface area contributed by atoms with Crippen molar-refractivity contribution < 1.29 is 4.79 Å². The fraction of sp³-hybridized carbons (Fsp3) is 0.529. The van der Waals surface area contributed by atoms with Gasteiger partial charge in [0.25, 0.3) is 11.5 Å². The van der Waals surface area contributed by atoms with E-state index in [0.717, 1.165) is 25.7 Å². The lowest BCUT2D eigenvalue weighted by atomic mass is 9.67. The smallest absolute Gasteiger partial charge is 0.327 e. The Balaban J connectivity index is 1.60. The zero-order valence-electron chi connectivity index (χ0n) is 13.7. The van der Waals surface area contributed by atoms with Crippen molar-refractivity contribution in [1.82, 2.24) is 20.3 Å². The molecule has 0 aliphatic heterocycles. The molecule has 2 atom stereocenters. The first-order valence-electron chi connectivity index (χ1n) is 8.70. The van der Waals surface area contributed by atoms with Crippen molar-refractivity contribution in [2.45, 2.75) is 44.2 Å². The molecule has 8 heteroatoms. The second kappa shape index (κ2) is 6.11. The number of hydrogen-bond acceptors (Lipinski definition) is 5. The first-order chi connectivity index (χ1) is 12.0. The molecule has 8 nitrogen and oxygen atoms in total. The van der Waals surface area contributed by atoms with Gasteiger partial charge in [-0.05, 0) is 43.6 Å². The van der Waals surface area contributed by atoms with E-state index in [9.17, 15) is 14.4 Å². The van der Waals surface area contributed by atoms with Gasteiger partial charge in [-0.15, -0.1) is 0 Å². The van der Waals surface area contributed by atoms with Gasteiger partial charge in [-0.25, -0.2) is 9.78 Å². The minimum absolute atomic E-state index is 0.130. The number of amides is 1. The van der Waals surface area contributed by atoms with Crippen molar-refractivity contribution in [3.05, 3.63) is 38.7 Å². The topological polar surface area (TPSA) is 134 Å². The number of pyridine rings is 1. The normalized spacial score (nSPS) is 28.7. The van der Waals surface area contributed by atoms with Crippen LogP contribution in [0.2, 0.25) is 0 Å². The Labute approximate surface area is 143 Å². The number of carbonyl (C=O) groups excluding carboxylic acids is 1. The molecule has 1 amide bonds. The number of carbonyl (C=O) groups is 1. The van der Waals surface area contributed by atoms with Crippen LogP contribution in [0.4, 0.5) is 0 Å². The molecule has 2 fully saturated rings. The molecule has 5 N–H and O–H groups in total. The molecule has 0 radical (unpaired) electrons. The van der Waals surface area contributed by atoms with Crippen LogP contribution in [0.3, 0.4) is 0 Å². The van der Waals surface area contributed by atoms with E-state index < -0.39 is 11.2 Å². The van der Waals surface area contributed by atoms with Gasteiger partial charge in [-0.1, -0.05) is 6.42 Å². The molecule has 2 aliphatic carbocycles. The van der Waals surface area contributed by atoms with Gasteiger partial charge in [-0.3, -0.25) is 19.6 Å². The molecule has 2 unspecified atom stereocenters. The number of nitrogens with one attached hydrogen (secondary N) is 3. The van der Waals surface area contributed by atoms with Gasteiger partial charge in [-0.2, -0.15) is 0 Å². The summed E-state index contributed by atoms with van der Waals surface area (Å²) in [5.41, 5.74) is 5.45. The average molecular weight is 343 g/mol. The largest absolute Gasteiger partial charge is 0.349 e. The van der Waals surface area contributed by atoms with Crippen molar-refractivity contribution in [2.75, 3.05) is 0 Å². The van der Waals surface area contributed by atoms with Crippen molar-refractivity contribution in [3.63, 3.8) is 0 Å². The van der Waals surface area contributed by atoms with Crippen LogP contribution >= 0.6 is 0 Å². The van der Waals surface area contributed by atoms with Crippen LogP contribution in [-0.4, -0.2) is 32.9 Å².